The van der Waals surface area contributed by atoms with Crippen LogP contribution in [0.5, 0.6) is 0 Å². The van der Waals surface area contributed by atoms with Gasteiger partial charge in [-0.05, 0) is 45.1 Å². The van der Waals surface area contributed by atoms with Crippen molar-refractivity contribution in [2.24, 2.45) is 0 Å². The van der Waals surface area contributed by atoms with Crippen molar-refractivity contribution in [2.45, 2.75) is 76.7 Å². The van der Waals surface area contributed by atoms with Crippen molar-refractivity contribution in [3.8, 4) is 0 Å². The second kappa shape index (κ2) is 8.51. The number of hydrogen-bond acceptors (Lipinski definition) is 4. The monoisotopic (exact) mass is 359 g/mol. The molecule has 144 valence electrons. The lowest BCUT2D eigenvalue weighted by Crippen LogP contribution is -2.44. The number of carbonyl (C=O) groups excluding carboxylic acids is 1. The van der Waals surface area contributed by atoms with Gasteiger partial charge in [-0.2, -0.15) is 0 Å². The molecule has 0 saturated carbocycles. The molecule has 26 heavy (non-hydrogen) atoms. The van der Waals surface area contributed by atoms with Gasteiger partial charge in [-0.3, -0.25) is 9.69 Å². The Kier molecular flexibility index (Phi) is 5.88. The molecule has 0 radical (unpaired) electrons. The van der Waals surface area contributed by atoms with Gasteiger partial charge < -0.3 is 9.47 Å². The summed E-state index contributed by atoms with van der Waals surface area (Å²) in [6, 6.07) is 0. The summed E-state index contributed by atoms with van der Waals surface area (Å²) in [5, 5.41) is 9.05. The third-order valence-corrected chi connectivity index (χ3v) is 6.33. The second-order valence-corrected chi connectivity index (χ2v) is 8.31. The van der Waals surface area contributed by atoms with Gasteiger partial charge in [0.2, 0.25) is 5.91 Å². The van der Waals surface area contributed by atoms with E-state index in [1.807, 2.05) is 0 Å². The van der Waals surface area contributed by atoms with Gasteiger partial charge in [0.1, 0.15) is 11.6 Å². The van der Waals surface area contributed by atoms with Crippen LogP contribution in [0.2, 0.25) is 0 Å². The number of likely N-dealkylation sites (tertiary alicyclic amines) is 2. The van der Waals surface area contributed by atoms with Gasteiger partial charge in [-0.15, -0.1) is 10.2 Å². The molecule has 0 aromatic carbocycles. The Hall–Kier alpha value is -1.43. The lowest BCUT2D eigenvalue weighted by Gasteiger charge is -2.33. The maximum Gasteiger partial charge on any atom is 0.236 e. The molecule has 4 heterocycles. The summed E-state index contributed by atoms with van der Waals surface area (Å²) in [5.74, 6) is 3.11. The number of piperidine rings is 1. The van der Waals surface area contributed by atoms with Crippen LogP contribution in [0, 0.1) is 0 Å². The van der Waals surface area contributed by atoms with E-state index >= 15 is 0 Å². The maximum absolute atomic E-state index is 12.7. The molecule has 1 aromatic heterocycles. The molecule has 3 aliphatic heterocycles. The van der Waals surface area contributed by atoms with Gasteiger partial charge >= 0.3 is 0 Å². The molecule has 0 unspecified atom stereocenters. The lowest BCUT2D eigenvalue weighted by molar-refractivity contribution is -0.132. The topological polar surface area (TPSA) is 54.3 Å². The number of carbonyl (C=O) groups is 1. The number of rotatable bonds is 3. The van der Waals surface area contributed by atoms with Crippen molar-refractivity contribution in [2.75, 3.05) is 32.7 Å². The third-order valence-electron chi connectivity index (χ3n) is 6.33. The molecule has 1 atom stereocenters. The number of nitrogens with zero attached hydrogens (tertiary/aromatic N) is 5. The van der Waals surface area contributed by atoms with E-state index in [0.717, 1.165) is 45.6 Å². The highest BCUT2D eigenvalue weighted by Crippen LogP contribution is 2.28. The Morgan fingerprint density at radius 2 is 1.65 bits per heavy atom. The average Bonchev–Trinajstić information content (AvgIpc) is 2.86. The molecule has 6 heteroatoms. The zero-order chi connectivity index (χ0) is 17.8. The fourth-order valence-corrected chi connectivity index (χ4v) is 4.83. The molecule has 0 aliphatic carbocycles. The van der Waals surface area contributed by atoms with E-state index < -0.39 is 0 Å². The molecule has 4 rings (SSSR count). The van der Waals surface area contributed by atoms with E-state index in [1.54, 1.807) is 0 Å². The molecular weight excluding hydrogens is 326 g/mol. The number of aryl methyl sites for hydroxylation is 1. The van der Waals surface area contributed by atoms with E-state index in [4.69, 9.17) is 0 Å². The molecule has 1 aromatic rings. The lowest BCUT2D eigenvalue weighted by atomic mass is 9.97. The summed E-state index contributed by atoms with van der Waals surface area (Å²) in [6.45, 7) is 5.55. The number of amides is 1. The quantitative estimate of drug-likeness (QED) is 0.832. The first-order valence-corrected chi connectivity index (χ1v) is 10.7. The number of hydrogen-bond donors (Lipinski definition) is 0. The zero-order valence-corrected chi connectivity index (χ0v) is 16.0. The molecule has 2 saturated heterocycles. The van der Waals surface area contributed by atoms with Gasteiger partial charge in [-0.1, -0.05) is 19.3 Å². The highest BCUT2D eigenvalue weighted by Gasteiger charge is 2.29. The normalized spacial score (nSPS) is 25.4. The van der Waals surface area contributed by atoms with Crippen molar-refractivity contribution in [1.29, 1.82) is 0 Å². The predicted octanol–water partition coefficient (Wildman–Crippen LogP) is 2.59. The van der Waals surface area contributed by atoms with Crippen LogP contribution in [0.15, 0.2) is 0 Å². The van der Waals surface area contributed by atoms with E-state index in [-0.39, 0.29) is 0 Å². The van der Waals surface area contributed by atoms with Crippen molar-refractivity contribution in [1.82, 2.24) is 24.6 Å². The Bertz CT molecular complexity index is 605. The minimum absolute atomic E-state index is 0.327. The van der Waals surface area contributed by atoms with Crippen LogP contribution in [0.4, 0.5) is 0 Å². The summed E-state index contributed by atoms with van der Waals surface area (Å²) in [4.78, 5) is 17.2. The van der Waals surface area contributed by atoms with Gasteiger partial charge in [0.15, 0.2) is 0 Å². The van der Waals surface area contributed by atoms with Gasteiger partial charge in [0.25, 0.3) is 0 Å². The van der Waals surface area contributed by atoms with Crippen LogP contribution in [-0.4, -0.2) is 63.2 Å². The van der Waals surface area contributed by atoms with Crippen LogP contribution < -0.4 is 0 Å². The van der Waals surface area contributed by atoms with Crippen molar-refractivity contribution < 1.29 is 4.79 Å². The summed E-state index contributed by atoms with van der Waals surface area (Å²) in [6.07, 6.45) is 12.0. The number of aromatic nitrogens is 3. The predicted molar refractivity (Wildman–Crippen MR) is 101 cm³/mol. The van der Waals surface area contributed by atoms with Gasteiger partial charge in [-0.25, -0.2) is 0 Å². The molecular formula is C20H33N5O. The van der Waals surface area contributed by atoms with Crippen LogP contribution in [0.3, 0.4) is 0 Å². The highest BCUT2D eigenvalue weighted by molar-refractivity contribution is 5.78. The van der Waals surface area contributed by atoms with Crippen LogP contribution in [-0.2, 0) is 17.8 Å². The average molecular weight is 360 g/mol. The van der Waals surface area contributed by atoms with Crippen LogP contribution >= 0.6 is 0 Å². The Morgan fingerprint density at radius 3 is 2.50 bits per heavy atom. The van der Waals surface area contributed by atoms with Crippen LogP contribution in [0.25, 0.3) is 0 Å². The van der Waals surface area contributed by atoms with Crippen molar-refractivity contribution >= 4 is 5.91 Å². The molecule has 2 fully saturated rings. The van der Waals surface area contributed by atoms with E-state index in [1.165, 1.54) is 63.0 Å². The first-order valence-electron chi connectivity index (χ1n) is 10.7. The maximum atomic E-state index is 12.7. The SMILES string of the molecule is O=C(CN1CCC[C@H](c2nnc3n2CCCCC3)C1)N1CCCCCC1. The molecule has 0 bridgehead atoms. The molecule has 3 aliphatic rings. The van der Waals surface area contributed by atoms with Crippen molar-refractivity contribution in [3.63, 3.8) is 0 Å². The number of fused-ring (bicyclic) bond motifs is 1. The molecule has 6 nitrogen and oxygen atoms in total. The van der Waals surface area contributed by atoms with Gasteiger partial charge in [0, 0.05) is 38.5 Å². The third kappa shape index (κ3) is 4.11. The zero-order valence-electron chi connectivity index (χ0n) is 16.0. The first kappa shape index (κ1) is 18.0. The standard InChI is InChI=1S/C20H33N5O/c26-19(24-12-5-1-2-6-13-24)16-23-11-8-9-17(15-23)20-22-21-18-10-4-3-7-14-25(18)20/h17H,1-16H2/t17-/m0/s1. The minimum atomic E-state index is 0.327. The van der Waals surface area contributed by atoms with Crippen molar-refractivity contribution in [3.05, 3.63) is 11.6 Å². The molecule has 0 N–H and O–H groups in total. The highest BCUT2D eigenvalue weighted by atomic mass is 16.2. The first-order chi connectivity index (χ1) is 12.8. The Labute approximate surface area is 156 Å². The van der Waals surface area contributed by atoms with Crippen LogP contribution in [0.1, 0.15) is 75.4 Å². The van der Waals surface area contributed by atoms with E-state index in [0.29, 0.717) is 18.4 Å². The summed E-state index contributed by atoms with van der Waals surface area (Å²) >= 11 is 0. The smallest absolute Gasteiger partial charge is 0.236 e. The summed E-state index contributed by atoms with van der Waals surface area (Å²) in [5.41, 5.74) is 0. The molecule has 0 spiro atoms. The fourth-order valence-electron chi connectivity index (χ4n) is 4.83. The Morgan fingerprint density at radius 1 is 0.885 bits per heavy atom. The van der Waals surface area contributed by atoms with Gasteiger partial charge in [0.05, 0.1) is 6.54 Å². The van der Waals surface area contributed by atoms with E-state index in [2.05, 4.69) is 24.6 Å². The summed E-state index contributed by atoms with van der Waals surface area (Å²) < 4.78 is 2.39. The largest absolute Gasteiger partial charge is 0.342 e. The molecule has 1 amide bonds. The second-order valence-electron chi connectivity index (χ2n) is 8.31. The fraction of sp³-hybridized carbons (Fsp3) is 0.850. The van der Waals surface area contributed by atoms with E-state index in [9.17, 15) is 4.79 Å². The minimum Gasteiger partial charge on any atom is -0.342 e. The Balaban J connectivity index is 1.38. The summed E-state index contributed by atoms with van der Waals surface area (Å²) in [7, 11) is 0.